The molecule has 2 saturated carbocycles. The number of allylic oxidation sites excluding steroid dienone is 3. The van der Waals surface area contributed by atoms with Gasteiger partial charge in [0.05, 0.1) is 6.10 Å². The molecule has 0 radical (unpaired) electrons. The summed E-state index contributed by atoms with van der Waals surface area (Å²) in [6.07, 6.45) is 3.45. The van der Waals surface area contributed by atoms with E-state index in [2.05, 4.69) is 33.4 Å². The number of hydrogen-bond acceptors (Lipinski definition) is 2. The van der Waals surface area contributed by atoms with E-state index in [9.17, 15) is 9.90 Å². The zero-order valence-electron chi connectivity index (χ0n) is 10.8. The van der Waals surface area contributed by atoms with Gasteiger partial charge in [0, 0.05) is 17.8 Å². The Hall–Kier alpha value is -0.890. The van der Waals surface area contributed by atoms with Crippen molar-refractivity contribution in [1.82, 2.24) is 0 Å². The van der Waals surface area contributed by atoms with Crippen LogP contribution in [0.1, 0.15) is 33.6 Å². The van der Waals surface area contributed by atoms with Crippen molar-refractivity contribution in [2.45, 2.75) is 39.7 Å². The van der Waals surface area contributed by atoms with Gasteiger partial charge in [-0.2, -0.15) is 0 Å². The molecule has 2 fully saturated rings. The number of ketones is 1. The lowest BCUT2D eigenvalue weighted by atomic mass is 9.70. The van der Waals surface area contributed by atoms with Crippen molar-refractivity contribution in [2.24, 2.45) is 22.7 Å². The van der Waals surface area contributed by atoms with E-state index in [-0.39, 0.29) is 28.6 Å². The molecule has 0 aliphatic heterocycles. The molecule has 3 rings (SSSR count). The van der Waals surface area contributed by atoms with E-state index in [4.69, 9.17) is 0 Å². The first-order chi connectivity index (χ1) is 7.78. The van der Waals surface area contributed by atoms with Gasteiger partial charge in [-0.15, -0.1) is 0 Å². The number of aliphatic hydroxyl groups excluding tert-OH is 1. The van der Waals surface area contributed by atoms with Crippen molar-refractivity contribution in [3.63, 3.8) is 0 Å². The van der Waals surface area contributed by atoms with Crippen LogP contribution in [0.25, 0.3) is 0 Å². The number of carbonyl (C=O) groups is 1. The fraction of sp³-hybridized carbons (Fsp3) is 0.667. The van der Waals surface area contributed by atoms with E-state index in [0.717, 1.165) is 6.42 Å². The van der Waals surface area contributed by atoms with Crippen LogP contribution in [0.5, 0.6) is 0 Å². The van der Waals surface area contributed by atoms with E-state index >= 15 is 0 Å². The van der Waals surface area contributed by atoms with Crippen LogP contribution in [0.2, 0.25) is 0 Å². The van der Waals surface area contributed by atoms with Crippen molar-refractivity contribution in [3.05, 3.63) is 23.8 Å². The number of fused-ring (bicyclic) bond motifs is 3. The molecule has 0 saturated heterocycles. The first-order valence-corrected chi connectivity index (χ1v) is 6.40. The fourth-order valence-corrected chi connectivity index (χ4v) is 4.33. The Kier molecular flexibility index (Phi) is 1.92. The van der Waals surface area contributed by atoms with Crippen LogP contribution in [0.15, 0.2) is 23.8 Å². The van der Waals surface area contributed by atoms with E-state index < -0.39 is 0 Å². The average molecular weight is 232 g/mol. The molecule has 4 atom stereocenters. The van der Waals surface area contributed by atoms with Gasteiger partial charge >= 0.3 is 0 Å². The average Bonchev–Trinajstić information content (AvgIpc) is 2.68. The molecule has 0 bridgehead atoms. The zero-order valence-corrected chi connectivity index (χ0v) is 10.8. The molecular weight excluding hydrogens is 212 g/mol. The van der Waals surface area contributed by atoms with Crippen molar-refractivity contribution in [3.8, 4) is 0 Å². The van der Waals surface area contributed by atoms with E-state index in [0.29, 0.717) is 17.9 Å². The molecule has 3 aliphatic rings. The van der Waals surface area contributed by atoms with Crippen molar-refractivity contribution in [2.75, 3.05) is 0 Å². The quantitative estimate of drug-likeness (QED) is 0.514. The topological polar surface area (TPSA) is 37.3 Å². The summed E-state index contributed by atoms with van der Waals surface area (Å²) < 4.78 is 0. The highest BCUT2D eigenvalue weighted by atomic mass is 16.3. The molecule has 2 nitrogen and oxygen atoms in total. The van der Waals surface area contributed by atoms with E-state index in [1.54, 1.807) is 0 Å². The highest BCUT2D eigenvalue weighted by Crippen LogP contribution is 2.64. The highest BCUT2D eigenvalue weighted by molar-refractivity contribution is 6.02. The minimum absolute atomic E-state index is 0.0493. The van der Waals surface area contributed by atoms with Crippen LogP contribution < -0.4 is 0 Å². The first kappa shape index (κ1) is 11.2. The molecule has 0 heterocycles. The van der Waals surface area contributed by atoms with Gasteiger partial charge in [0.1, 0.15) is 0 Å². The maximum atomic E-state index is 11.8. The Morgan fingerprint density at radius 1 is 1.41 bits per heavy atom. The highest BCUT2D eigenvalue weighted by Gasteiger charge is 2.62. The SMILES string of the molecule is C=C1C(=O)CC2=C[C@H]3CC(C)(C)[C@H](O)[C@H]3[C@]12C. The van der Waals surface area contributed by atoms with E-state index in [1.165, 1.54) is 5.57 Å². The van der Waals surface area contributed by atoms with Gasteiger partial charge < -0.3 is 5.11 Å². The second-order valence-electron chi connectivity index (χ2n) is 6.80. The number of rotatable bonds is 0. The second-order valence-corrected chi connectivity index (χ2v) is 6.80. The smallest absolute Gasteiger partial charge is 0.163 e. The monoisotopic (exact) mass is 232 g/mol. The van der Waals surface area contributed by atoms with Gasteiger partial charge in [-0.3, -0.25) is 4.79 Å². The molecule has 92 valence electrons. The number of hydrogen-bond donors (Lipinski definition) is 1. The van der Waals surface area contributed by atoms with Gasteiger partial charge in [0.2, 0.25) is 0 Å². The number of carbonyl (C=O) groups excluding carboxylic acids is 1. The van der Waals surface area contributed by atoms with Crippen LogP contribution >= 0.6 is 0 Å². The largest absolute Gasteiger partial charge is 0.392 e. The predicted octanol–water partition coefficient (Wildman–Crippen LogP) is 2.48. The summed E-state index contributed by atoms with van der Waals surface area (Å²) in [6, 6.07) is 0. The lowest BCUT2D eigenvalue weighted by Crippen LogP contribution is -2.37. The number of aliphatic hydroxyl groups is 1. The molecule has 1 N–H and O–H groups in total. The van der Waals surface area contributed by atoms with Crippen LogP contribution in [0.3, 0.4) is 0 Å². The minimum Gasteiger partial charge on any atom is -0.392 e. The normalized spacial score (nSPS) is 47.1. The summed E-state index contributed by atoms with van der Waals surface area (Å²) in [7, 11) is 0. The lowest BCUT2D eigenvalue weighted by molar-refractivity contribution is -0.114. The minimum atomic E-state index is -0.339. The number of Topliss-reactive ketones (excluding diaryl/α,β-unsaturated/α-hetero) is 1. The third kappa shape index (κ3) is 1.12. The Bertz CT molecular complexity index is 458. The summed E-state index contributed by atoms with van der Waals surface area (Å²) in [5, 5.41) is 10.6. The second kappa shape index (κ2) is 2.92. The van der Waals surface area contributed by atoms with Gasteiger partial charge in [-0.25, -0.2) is 0 Å². The first-order valence-electron chi connectivity index (χ1n) is 6.40. The molecule has 0 aromatic carbocycles. The lowest BCUT2D eigenvalue weighted by Gasteiger charge is -2.36. The molecule has 0 unspecified atom stereocenters. The zero-order chi connectivity index (χ0) is 12.6. The summed E-state index contributed by atoms with van der Waals surface area (Å²) in [6.45, 7) is 10.3. The van der Waals surface area contributed by atoms with Crippen LogP contribution in [-0.4, -0.2) is 17.0 Å². The predicted molar refractivity (Wildman–Crippen MR) is 66.3 cm³/mol. The fourth-order valence-electron chi connectivity index (χ4n) is 4.33. The van der Waals surface area contributed by atoms with Crippen molar-refractivity contribution >= 4 is 5.78 Å². The molecule has 0 spiro atoms. The molecule has 0 aromatic rings. The molecule has 3 aliphatic carbocycles. The summed E-state index contributed by atoms with van der Waals surface area (Å²) in [5.41, 5.74) is 1.60. The third-order valence-electron chi connectivity index (χ3n) is 5.43. The van der Waals surface area contributed by atoms with E-state index in [1.807, 2.05) is 0 Å². The molecular formula is C15H20O2. The Morgan fingerprint density at radius 2 is 2.06 bits per heavy atom. The van der Waals surface area contributed by atoms with Gasteiger partial charge in [0.15, 0.2) is 5.78 Å². The molecule has 17 heavy (non-hydrogen) atoms. The Morgan fingerprint density at radius 3 is 2.71 bits per heavy atom. The van der Waals surface area contributed by atoms with Gasteiger partial charge in [-0.05, 0) is 23.3 Å². The Balaban J connectivity index is 2.10. The molecule has 2 heteroatoms. The van der Waals surface area contributed by atoms with Crippen LogP contribution in [-0.2, 0) is 4.79 Å². The van der Waals surface area contributed by atoms with Crippen LogP contribution in [0.4, 0.5) is 0 Å². The third-order valence-corrected chi connectivity index (χ3v) is 5.43. The molecule has 0 aromatic heterocycles. The van der Waals surface area contributed by atoms with Crippen LogP contribution in [0, 0.1) is 22.7 Å². The van der Waals surface area contributed by atoms with Gasteiger partial charge in [-0.1, -0.05) is 39.0 Å². The standard InChI is InChI=1S/C15H20O2/c1-8-11(16)6-10-5-9-7-14(2,3)13(17)12(9)15(8,10)4/h5,9,12-13,17H,1,6-7H2,2-4H3/t9-,12-,13+,15+/m0/s1. The van der Waals surface area contributed by atoms with Gasteiger partial charge in [0.25, 0.3) is 0 Å². The van der Waals surface area contributed by atoms with Crippen molar-refractivity contribution < 1.29 is 9.90 Å². The Labute approximate surface area is 102 Å². The maximum absolute atomic E-state index is 11.8. The molecule has 0 amide bonds. The summed E-state index contributed by atoms with van der Waals surface area (Å²) in [4.78, 5) is 11.8. The summed E-state index contributed by atoms with van der Waals surface area (Å²) in [5.74, 6) is 0.741. The van der Waals surface area contributed by atoms with Crippen molar-refractivity contribution in [1.29, 1.82) is 0 Å². The summed E-state index contributed by atoms with van der Waals surface area (Å²) >= 11 is 0. The maximum Gasteiger partial charge on any atom is 0.163 e.